The molecule has 2 saturated heterocycles. The minimum atomic E-state index is -0.0277. The van der Waals surface area contributed by atoms with E-state index in [1.54, 1.807) is 6.07 Å². The van der Waals surface area contributed by atoms with Crippen LogP contribution in [0.1, 0.15) is 53.4 Å². The Labute approximate surface area is 213 Å². The van der Waals surface area contributed by atoms with Gasteiger partial charge >= 0.3 is 0 Å². The lowest BCUT2D eigenvalue weighted by Crippen LogP contribution is -2.54. The number of aromatic nitrogens is 2. The first-order valence-electron chi connectivity index (χ1n) is 12.3. The fourth-order valence-electron chi connectivity index (χ4n) is 4.42. The lowest BCUT2D eigenvalue weighted by Gasteiger charge is -2.41. The Hall–Kier alpha value is -1.58. The van der Waals surface area contributed by atoms with Gasteiger partial charge < -0.3 is 20.0 Å². The van der Waals surface area contributed by atoms with Gasteiger partial charge in [0, 0.05) is 51.3 Å². The summed E-state index contributed by atoms with van der Waals surface area (Å²) in [4.78, 5) is 40.4. The zero-order chi connectivity index (χ0) is 24.7. The smallest absolute Gasteiger partial charge is 0.230 e. The molecular weight excluding hydrogens is 472 g/mol. The van der Waals surface area contributed by atoms with Gasteiger partial charge in [0.05, 0.1) is 5.75 Å². The molecule has 2 fully saturated rings. The number of halogens is 1. The fourth-order valence-corrected chi connectivity index (χ4v) is 5.33. The quantitative estimate of drug-likeness (QED) is 0.326. The Balaban J connectivity index is 1.48. The standard InChI is InChI=1S/C24H39ClN6O2S/c1-18-16-30(12-13-31(18)22(33)15-24(2,3)4)20-14-19(25)27-23(28-20)34-17-21(32)26-8-11-29-9-6-5-7-10-29/h14,18H,5-13,15-17H2,1-4H3,(H,26,32). The van der Waals surface area contributed by atoms with E-state index in [9.17, 15) is 9.59 Å². The van der Waals surface area contributed by atoms with Crippen LogP contribution in [-0.2, 0) is 9.59 Å². The molecular formula is C24H39ClN6O2S. The van der Waals surface area contributed by atoms with Crippen LogP contribution in [0.25, 0.3) is 0 Å². The van der Waals surface area contributed by atoms with Gasteiger partial charge in [-0.25, -0.2) is 9.97 Å². The molecule has 1 unspecified atom stereocenters. The maximum atomic E-state index is 12.7. The molecule has 2 amide bonds. The molecule has 0 bridgehead atoms. The van der Waals surface area contributed by atoms with Crippen molar-refractivity contribution in [2.24, 2.45) is 5.41 Å². The summed E-state index contributed by atoms with van der Waals surface area (Å²) < 4.78 is 0. The summed E-state index contributed by atoms with van der Waals surface area (Å²) in [5.74, 6) is 1.17. The van der Waals surface area contributed by atoms with Crippen molar-refractivity contribution >= 4 is 41.0 Å². The minimum Gasteiger partial charge on any atom is -0.354 e. The highest BCUT2D eigenvalue weighted by Crippen LogP contribution is 2.26. The first-order valence-corrected chi connectivity index (χ1v) is 13.7. The van der Waals surface area contributed by atoms with Gasteiger partial charge in [0.15, 0.2) is 5.16 Å². The number of hydrogen-bond donors (Lipinski definition) is 1. The second-order valence-electron chi connectivity index (χ2n) is 10.5. The van der Waals surface area contributed by atoms with Gasteiger partial charge in [-0.2, -0.15) is 0 Å². The molecule has 8 nitrogen and oxygen atoms in total. The molecule has 3 heterocycles. The van der Waals surface area contributed by atoms with Crippen LogP contribution in [0, 0.1) is 5.41 Å². The summed E-state index contributed by atoms with van der Waals surface area (Å²) in [6.07, 6.45) is 4.35. The van der Waals surface area contributed by atoms with Crippen molar-refractivity contribution in [2.75, 3.05) is 56.5 Å². The van der Waals surface area contributed by atoms with E-state index in [0.29, 0.717) is 42.9 Å². The second-order valence-corrected chi connectivity index (χ2v) is 11.8. The number of likely N-dealkylation sites (tertiary alicyclic amines) is 1. The number of nitrogens with zero attached hydrogens (tertiary/aromatic N) is 5. The molecule has 0 saturated carbocycles. The summed E-state index contributed by atoms with van der Waals surface area (Å²) in [5, 5.41) is 3.84. The lowest BCUT2D eigenvalue weighted by molar-refractivity contribution is -0.135. The molecule has 0 aliphatic carbocycles. The van der Waals surface area contributed by atoms with Crippen LogP contribution in [0.15, 0.2) is 11.2 Å². The van der Waals surface area contributed by atoms with Crippen molar-refractivity contribution in [3.05, 3.63) is 11.2 Å². The summed E-state index contributed by atoms with van der Waals surface area (Å²) >= 11 is 7.58. The fraction of sp³-hybridized carbons (Fsp3) is 0.750. The summed E-state index contributed by atoms with van der Waals surface area (Å²) in [6.45, 7) is 14.2. The first-order chi connectivity index (χ1) is 16.1. The Kier molecular flexibility index (Phi) is 9.85. The molecule has 1 aromatic rings. The van der Waals surface area contributed by atoms with E-state index >= 15 is 0 Å². The highest BCUT2D eigenvalue weighted by molar-refractivity contribution is 7.99. The first kappa shape index (κ1) is 27.0. The Morgan fingerprint density at radius 2 is 1.88 bits per heavy atom. The zero-order valence-corrected chi connectivity index (χ0v) is 22.6. The van der Waals surface area contributed by atoms with Crippen LogP contribution in [0.3, 0.4) is 0 Å². The van der Waals surface area contributed by atoms with Gasteiger partial charge in [0.25, 0.3) is 0 Å². The monoisotopic (exact) mass is 510 g/mol. The van der Waals surface area contributed by atoms with Crippen LogP contribution < -0.4 is 10.2 Å². The Morgan fingerprint density at radius 3 is 2.56 bits per heavy atom. The summed E-state index contributed by atoms with van der Waals surface area (Å²) in [7, 11) is 0. The van der Waals surface area contributed by atoms with E-state index in [-0.39, 0.29) is 29.0 Å². The Bertz CT molecular complexity index is 843. The number of anilines is 1. The number of thioether (sulfide) groups is 1. The van der Waals surface area contributed by atoms with Crippen LogP contribution in [0.5, 0.6) is 0 Å². The molecule has 34 heavy (non-hydrogen) atoms. The van der Waals surface area contributed by atoms with Gasteiger partial charge in [-0.1, -0.05) is 50.6 Å². The molecule has 0 spiro atoms. The third-order valence-corrected chi connectivity index (χ3v) is 7.19. The lowest BCUT2D eigenvalue weighted by atomic mass is 9.91. The SMILES string of the molecule is CC1CN(c2cc(Cl)nc(SCC(=O)NCCN3CCCCC3)n2)CCN1C(=O)CC(C)(C)C. The molecule has 10 heteroatoms. The number of carbonyl (C=O) groups excluding carboxylic acids is 2. The summed E-state index contributed by atoms with van der Waals surface area (Å²) in [5.41, 5.74) is -0.0277. The Morgan fingerprint density at radius 1 is 1.15 bits per heavy atom. The molecule has 1 atom stereocenters. The number of rotatable bonds is 8. The van der Waals surface area contributed by atoms with E-state index in [0.717, 1.165) is 25.5 Å². The predicted octanol–water partition coefficient (Wildman–Crippen LogP) is 3.30. The van der Waals surface area contributed by atoms with Crippen molar-refractivity contribution < 1.29 is 9.59 Å². The van der Waals surface area contributed by atoms with Crippen LogP contribution in [0.4, 0.5) is 5.82 Å². The van der Waals surface area contributed by atoms with E-state index in [2.05, 4.69) is 52.8 Å². The molecule has 3 rings (SSSR count). The molecule has 2 aliphatic rings. The number of piperidine rings is 1. The van der Waals surface area contributed by atoms with Gasteiger partial charge in [-0.15, -0.1) is 0 Å². The molecule has 1 N–H and O–H groups in total. The number of nitrogens with one attached hydrogen (secondary N) is 1. The van der Waals surface area contributed by atoms with Gasteiger partial charge in [-0.05, 0) is 38.3 Å². The number of hydrogen-bond acceptors (Lipinski definition) is 7. The highest BCUT2D eigenvalue weighted by Gasteiger charge is 2.30. The largest absolute Gasteiger partial charge is 0.354 e. The van der Waals surface area contributed by atoms with E-state index in [4.69, 9.17) is 11.6 Å². The minimum absolute atomic E-state index is 0.0215. The van der Waals surface area contributed by atoms with E-state index in [1.807, 2.05) is 4.90 Å². The summed E-state index contributed by atoms with van der Waals surface area (Å²) in [6, 6.07) is 1.84. The predicted molar refractivity (Wildman–Crippen MR) is 139 cm³/mol. The van der Waals surface area contributed by atoms with Gasteiger partial charge in [-0.3, -0.25) is 9.59 Å². The normalized spacial score (nSPS) is 19.9. The van der Waals surface area contributed by atoms with Crippen molar-refractivity contribution in [3.63, 3.8) is 0 Å². The van der Waals surface area contributed by atoms with Crippen molar-refractivity contribution in [2.45, 2.75) is 64.6 Å². The third kappa shape index (κ3) is 8.57. The second kappa shape index (κ2) is 12.4. The highest BCUT2D eigenvalue weighted by atomic mass is 35.5. The molecule has 190 valence electrons. The van der Waals surface area contributed by atoms with Gasteiger partial charge in [0.2, 0.25) is 11.8 Å². The van der Waals surface area contributed by atoms with Crippen molar-refractivity contribution in [1.82, 2.24) is 25.1 Å². The molecule has 0 radical (unpaired) electrons. The average molecular weight is 511 g/mol. The van der Waals surface area contributed by atoms with Crippen LogP contribution >= 0.6 is 23.4 Å². The van der Waals surface area contributed by atoms with E-state index in [1.165, 1.54) is 31.0 Å². The average Bonchev–Trinajstić information content (AvgIpc) is 2.77. The third-order valence-electron chi connectivity index (χ3n) is 6.15. The number of carbonyl (C=O) groups is 2. The maximum Gasteiger partial charge on any atom is 0.230 e. The van der Waals surface area contributed by atoms with Crippen molar-refractivity contribution in [3.8, 4) is 0 Å². The van der Waals surface area contributed by atoms with Crippen molar-refractivity contribution in [1.29, 1.82) is 0 Å². The zero-order valence-electron chi connectivity index (χ0n) is 21.0. The topological polar surface area (TPSA) is 81.7 Å². The van der Waals surface area contributed by atoms with E-state index < -0.39 is 0 Å². The molecule has 1 aromatic heterocycles. The van der Waals surface area contributed by atoms with Crippen LogP contribution in [-0.4, -0.2) is 89.2 Å². The number of piperazine rings is 1. The van der Waals surface area contributed by atoms with Crippen LogP contribution in [0.2, 0.25) is 5.15 Å². The van der Waals surface area contributed by atoms with Gasteiger partial charge in [0.1, 0.15) is 11.0 Å². The number of amides is 2. The maximum absolute atomic E-state index is 12.7. The molecule has 2 aliphatic heterocycles. The molecule has 0 aromatic carbocycles.